The molecule has 0 spiro atoms. The third kappa shape index (κ3) is 3.86. The average Bonchev–Trinajstić information content (AvgIpc) is 2.93. The van der Waals surface area contributed by atoms with E-state index in [9.17, 15) is 9.59 Å². The molecular weight excluding hydrogens is 368 g/mol. The zero-order chi connectivity index (χ0) is 20.8. The lowest BCUT2D eigenvalue weighted by atomic mass is 9.74. The van der Waals surface area contributed by atoms with Crippen LogP contribution in [-0.4, -0.2) is 32.4 Å². The Morgan fingerprint density at radius 2 is 1.93 bits per heavy atom. The fourth-order valence-corrected chi connectivity index (χ4v) is 4.32. The van der Waals surface area contributed by atoms with Gasteiger partial charge in [0.2, 0.25) is 5.91 Å². The van der Waals surface area contributed by atoms with Crippen molar-refractivity contribution in [2.45, 2.75) is 58.6 Å². The Bertz CT molecular complexity index is 956. The van der Waals surface area contributed by atoms with Gasteiger partial charge in [-0.05, 0) is 44.2 Å². The molecule has 2 aliphatic rings. The number of amides is 1. The molecule has 1 saturated heterocycles. The van der Waals surface area contributed by atoms with Crippen LogP contribution < -0.4 is 5.32 Å². The molecule has 29 heavy (non-hydrogen) atoms. The normalized spacial score (nSPS) is 24.5. The number of pyridine rings is 1. The molecular formula is C22H26N4O3. The fourth-order valence-electron chi connectivity index (χ4n) is 4.32. The number of ether oxygens (including phenoxy) is 1. The fraction of sp³-hybridized carbons (Fsp3) is 0.500. The number of nitrogens with one attached hydrogen (secondary N) is 1. The van der Waals surface area contributed by atoms with E-state index in [4.69, 9.17) is 9.72 Å². The second kappa shape index (κ2) is 6.90. The highest BCUT2D eigenvalue weighted by Crippen LogP contribution is 2.41. The number of carbonyl (C=O) groups is 2. The Morgan fingerprint density at radius 3 is 2.59 bits per heavy atom. The van der Waals surface area contributed by atoms with Crippen molar-refractivity contribution in [1.29, 1.82) is 0 Å². The number of aromatic nitrogens is 3. The maximum absolute atomic E-state index is 13.0. The lowest BCUT2D eigenvalue weighted by molar-refractivity contribution is -0.147. The van der Waals surface area contributed by atoms with Gasteiger partial charge >= 0.3 is 5.97 Å². The molecule has 1 aliphatic heterocycles. The molecule has 2 atom stereocenters. The zero-order valence-corrected chi connectivity index (χ0v) is 17.2. The van der Waals surface area contributed by atoms with Crippen molar-refractivity contribution in [3.8, 4) is 11.4 Å². The average molecular weight is 394 g/mol. The second-order valence-electron chi connectivity index (χ2n) is 9.27. The maximum Gasteiger partial charge on any atom is 0.307 e. The highest BCUT2D eigenvalue weighted by molar-refractivity contribution is 5.88. The first-order valence-electron chi connectivity index (χ1n) is 9.93. The van der Waals surface area contributed by atoms with E-state index in [1.54, 1.807) is 26.2 Å². The summed E-state index contributed by atoms with van der Waals surface area (Å²) in [6.07, 6.45) is 6.96. The van der Waals surface area contributed by atoms with E-state index in [1.165, 1.54) is 0 Å². The van der Waals surface area contributed by atoms with Gasteiger partial charge in [-0.2, -0.15) is 0 Å². The second-order valence-corrected chi connectivity index (χ2v) is 9.27. The van der Waals surface area contributed by atoms with Gasteiger partial charge in [0.05, 0.1) is 24.1 Å². The Kier molecular flexibility index (Phi) is 4.63. The molecule has 3 heterocycles. The summed E-state index contributed by atoms with van der Waals surface area (Å²) in [5, 5.41) is 3.15. The summed E-state index contributed by atoms with van der Waals surface area (Å²) >= 11 is 0. The molecule has 0 aromatic carbocycles. The maximum atomic E-state index is 13.0. The first kappa shape index (κ1) is 19.5. The molecule has 2 aromatic heterocycles. The standard InChI is InChI=1S/C22H26N4O3/c1-21(2)10-16-14(12-24-19(25-16)13-5-7-23-8-6-13)17(11-21)26-20(28)15-9-18(27)29-22(15,3)4/h5-8,12,15,17H,9-11H2,1-4H3,(H,26,28). The number of hydrogen-bond acceptors (Lipinski definition) is 6. The van der Waals surface area contributed by atoms with Crippen molar-refractivity contribution >= 4 is 11.9 Å². The number of esters is 1. The van der Waals surface area contributed by atoms with E-state index in [1.807, 2.05) is 18.3 Å². The van der Waals surface area contributed by atoms with Gasteiger partial charge < -0.3 is 10.1 Å². The Morgan fingerprint density at radius 1 is 1.21 bits per heavy atom. The summed E-state index contributed by atoms with van der Waals surface area (Å²) in [6, 6.07) is 3.57. The number of hydrogen-bond donors (Lipinski definition) is 1. The summed E-state index contributed by atoms with van der Waals surface area (Å²) in [4.78, 5) is 38.1. The van der Waals surface area contributed by atoms with Crippen LogP contribution in [0.2, 0.25) is 0 Å². The third-order valence-corrected chi connectivity index (χ3v) is 5.84. The minimum atomic E-state index is -0.796. The molecule has 0 radical (unpaired) electrons. The Balaban J connectivity index is 1.62. The topological polar surface area (TPSA) is 94.1 Å². The molecule has 7 heteroatoms. The van der Waals surface area contributed by atoms with Gasteiger partial charge in [0.1, 0.15) is 5.60 Å². The quantitative estimate of drug-likeness (QED) is 0.804. The summed E-state index contributed by atoms with van der Waals surface area (Å²) in [5.74, 6) is -0.331. The van der Waals surface area contributed by atoms with Gasteiger partial charge in [0, 0.05) is 29.7 Å². The summed E-state index contributed by atoms with van der Waals surface area (Å²) in [5.41, 5.74) is 1.99. The van der Waals surface area contributed by atoms with Gasteiger partial charge in [-0.1, -0.05) is 13.8 Å². The van der Waals surface area contributed by atoms with Crippen LogP contribution >= 0.6 is 0 Å². The number of cyclic esters (lactones) is 1. The van der Waals surface area contributed by atoms with Crippen LogP contribution in [0.1, 0.15) is 57.8 Å². The molecule has 1 aliphatic carbocycles. The predicted octanol–water partition coefficient (Wildman–Crippen LogP) is 3.01. The van der Waals surface area contributed by atoms with Crippen molar-refractivity contribution in [3.63, 3.8) is 0 Å². The number of carbonyl (C=O) groups excluding carboxylic acids is 2. The van der Waals surface area contributed by atoms with E-state index in [0.717, 1.165) is 29.7 Å². The lowest BCUT2D eigenvalue weighted by Gasteiger charge is -2.37. The smallest absolute Gasteiger partial charge is 0.307 e. The molecule has 1 amide bonds. The predicted molar refractivity (Wildman–Crippen MR) is 107 cm³/mol. The monoisotopic (exact) mass is 394 g/mol. The molecule has 2 aromatic rings. The van der Waals surface area contributed by atoms with Crippen LogP contribution in [0.15, 0.2) is 30.7 Å². The van der Waals surface area contributed by atoms with Crippen LogP contribution in [0.5, 0.6) is 0 Å². The molecule has 152 valence electrons. The SMILES string of the molecule is CC1(C)Cc2nc(-c3ccncc3)ncc2C(NC(=O)C2CC(=O)OC2(C)C)C1. The van der Waals surface area contributed by atoms with Crippen molar-refractivity contribution < 1.29 is 14.3 Å². The van der Waals surface area contributed by atoms with Gasteiger partial charge in [-0.15, -0.1) is 0 Å². The molecule has 4 rings (SSSR count). The largest absolute Gasteiger partial charge is 0.459 e. The number of fused-ring (bicyclic) bond motifs is 1. The van der Waals surface area contributed by atoms with E-state index in [2.05, 4.69) is 29.1 Å². The van der Waals surface area contributed by atoms with E-state index in [-0.39, 0.29) is 29.8 Å². The highest BCUT2D eigenvalue weighted by atomic mass is 16.6. The molecule has 0 bridgehead atoms. The van der Waals surface area contributed by atoms with Crippen molar-refractivity contribution in [2.75, 3.05) is 0 Å². The van der Waals surface area contributed by atoms with Crippen LogP contribution in [0.4, 0.5) is 0 Å². The minimum absolute atomic E-state index is 0.0215. The van der Waals surface area contributed by atoms with Gasteiger partial charge in [0.15, 0.2) is 5.82 Å². The van der Waals surface area contributed by atoms with Gasteiger partial charge in [0.25, 0.3) is 0 Å². The van der Waals surface area contributed by atoms with E-state index < -0.39 is 11.5 Å². The summed E-state index contributed by atoms with van der Waals surface area (Å²) in [7, 11) is 0. The first-order valence-corrected chi connectivity index (χ1v) is 9.93. The molecule has 7 nitrogen and oxygen atoms in total. The van der Waals surface area contributed by atoms with Gasteiger partial charge in [-0.3, -0.25) is 14.6 Å². The first-order chi connectivity index (χ1) is 13.6. The van der Waals surface area contributed by atoms with Crippen molar-refractivity contribution in [1.82, 2.24) is 20.3 Å². The number of rotatable bonds is 3. The van der Waals surface area contributed by atoms with E-state index >= 15 is 0 Å². The summed E-state index contributed by atoms with van der Waals surface area (Å²) in [6.45, 7) is 7.92. The van der Waals surface area contributed by atoms with Crippen LogP contribution in [0.3, 0.4) is 0 Å². The van der Waals surface area contributed by atoms with Gasteiger partial charge in [-0.25, -0.2) is 9.97 Å². The highest BCUT2D eigenvalue weighted by Gasteiger charge is 2.47. The summed E-state index contributed by atoms with van der Waals surface area (Å²) < 4.78 is 5.32. The lowest BCUT2D eigenvalue weighted by Crippen LogP contribution is -2.44. The van der Waals surface area contributed by atoms with E-state index in [0.29, 0.717) is 5.82 Å². The van der Waals surface area contributed by atoms with Crippen LogP contribution in [0.25, 0.3) is 11.4 Å². The molecule has 1 fully saturated rings. The van der Waals surface area contributed by atoms with Crippen LogP contribution in [0, 0.1) is 11.3 Å². The molecule has 1 N–H and O–H groups in total. The Hall–Kier alpha value is -2.83. The van der Waals surface area contributed by atoms with Crippen LogP contribution in [-0.2, 0) is 20.7 Å². The van der Waals surface area contributed by atoms with Crippen molar-refractivity contribution in [2.24, 2.45) is 11.3 Å². The molecule has 2 unspecified atom stereocenters. The zero-order valence-electron chi connectivity index (χ0n) is 17.2. The Labute approximate surface area is 170 Å². The number of nitrogens with zero attached hydrogens (tertiary/aromatic N) is 3. The molecule has 0 saturated carbocycles. The van der Waals surface area contributed by atoms with Crippen molar-refractivity contribution in [3.05, 3.63) is 42.0 Å². The minimum Gasteiger partial charge on any atom is -0.459 e. The third-order valence-electron chi connectivity index (χ3n) is 5.84.